The van der Waals surface area contributed by atoms with E-state index in [-0.39, 0.29) is 5.91 Å². The highest BCUT2D eigenvalue weighted by Crippen LogP contribution is 2.27. The minimum absolute atomic E-state index is 0.210. The molecule has 1 heterocycles. The second kappa shape index (κ2) is 10.2. The Labute approximate surface area is 187 Å². The molecule has 0 saturated heterocycles. The van der Waals surface area contributed by atoms with Crippen LogP contribution in [0, 0.1) is 6.92 Å². The Morgan fingerprint density at radius 1 is 1.00 bits per heavy atom. The molecular weight excluding hydrogens is 398 g/mol. The molecule has 4 rings (SSSR count). The summed E-state index contributed by atoms with van der Waals surface area (Å²) in [4.78, 5) is 24.7. The normalized spacial score (nSPS) is 11.2. The Morgan fingerprint density at radius 2 is 1.81 bits per heavy atom. The molecule has 0 aliphatic rings. The summed E-state index contributed by atoms with van der Waals surface area (Å²) in [7, 11) is 0. The second-order valence-corrected chi connectivity index (χ2v) is 7.42. The number of H-pyrrole nitrogens is 1. The van der Waals surface area contributed by atoms with E-state index in [1.807, 2.05) is 67.6 Å². The third-order valence-corrected chi connectivity index (χ3v) is 4.98. The standard InChI is InChI=1S/C26H25N5O/c1-19-8-7-11-21(16-19)25(32)31-26(28-15-14-22-17-27-18-29-22)30-24-13-6-5-12-23(24)20-9-3-2-4-10-20/h2-13,16-18H,14-15H2,1H3,(H,27,29)(H2,28,30,31,32). The van der Waals surface area contributed by atoms with Crippen molar-refractivity contribution in [2.24, 2.45) is 4.99 Å². The number of carbonyl (C=O) groups is 1. The van der Waals surface area contributed by atoms with Crippen LogP contribution in [0.3, 0.4) is 0 Å². The molecule has 6 nitrogen and oxygen atoms in total. The summed E-state index contributed by atoms with van der Waals surface area (Å²) in [6.07, 6.45) is 4.11. The molecule has 0 aliphatic heterocycles. The number of nitrogens with zero attached hydrogens (tertiary/aromatic N) is 2. The van der Waals surface area contributed by atoms with Gasteiger partial charge in [0.2, 0.25) is 5.96 Å². The van der Waals surface area contributed by atoms with E-state index in [1.54, 1.807) is 18.6 Å². The zero-order valence-corrected chi connectivity index (χ0v) is 17.9. The first-order valence-electron chi connectivity index (χ1n) is 10.5. The van der Waals surface area contributed by atoms with Crippen LogP contribution < -0.4 is 10.6 Å². The average molecular weight is 424 g/mol. The smallest absolute Gasteiger partial charge is 0.257 e. The van der Waals surface area contributed by atoms with Crippen LogP contribution in [0.25, 0.3) is 11.1 Å². The van der Waals surface area contributed by atoms with Gasteiger partial charge in [-0.1, -0.05) is 66.2 Å². The molecule has 3 N–H and O–H groups in total. The summed E-state index contributed by atoms with van der Waals surface area (Å²) < 4.78 is 0. The van der Waals surface area contributed by atoms with E-state index in [2.05, 4.69) is 37.7 Å². The fourth-order valence-corrected chi connectivity index (χ4v) is 3.37. The van der Waals surface area contributed by atoms with Gasteiger partial charge >= 0.3 is 0 Å². The van der Waals surface area contributed by atoms with E-state index >= 15 is 0 Å². The van der Waals surface area contributed by atoms with Gasteiger partial charge in [0.25, 0.3) is 5.91 Å². The highest BCUT2D eigenvalue weighted by Gasteiger charge is 2.12. The third-order valence-electron chi connectivity index (χ3n) is 4.98. The van der Waals surface area contributed by atoms with E-state index in [4.69, 9.17) is 0 Å². The van der Waals surface area contributed by atoms with Crippen LogP contribution in [-0.2, 0) is 6.42 Å². The molecule has 0 fully saturated rings. The van der Waals surface area contributed by atoms with Crippen molar-refractivity contribution >= 4 is 17.6 Å². The summed E-state index contributed by atoms with van der Waals surface area (Å²) in [6.45, 7) is 2.46. The third kappa shape index (κ3) is 5.49. The van der Waals surface area contributed by atoms with Gasteiger partial charge < -0.3 is 10.3 Å². The molecule has 4 aromatic rings. The molecule has 32 heavy (non-hydrogen) atoms. The number of nitrogens with one attached hydrogen (secondary N) is 3. The maximum atomic E-state index is 12.9. The lowest BCUT2D eigenvalue weighted by Crippen LogP contribution is -2.36. The molecule has 160 valence electrons. The lowest BCUT2D eigenvalue weighted by atomic mass is 10.0. The number of aromatic amines is 1. The number of aliphatic imine (C=N–C) groups is 1. The van der Waals surface area contributed by atoms with Crippen molar-refractivity contribution in [2.75, 3.05) is 11.9 Å². The van der Waals surface area contributed by atoms with Gasteiger partial charge in [0, 0.05) is 41.7 Å². The fourth-order valence-electron chi connectivity index (χ4n) is 3.37. The van der Waals surface area contributed by atoms with E-state index in [9.17, 15) is 4.79 Å². The van der Waals surface area contributed by atoms with Gasteiger partial charge in [0.05, 0.1) is 6.33 Å². The average Bonchev–Trinajstić information content (AvgIpc) is 3.33. The van der Waals surface area contributed by atoms with Gasteiger partial charge in [0.15, 0.2) is 0 Å². The van der Waals surface area contributed by atoms with E-state index < -0.39 is 0 Å². The largest absolute Gasteiger partial charge is 0.348 e. The molecule has 6 heteroatoms. The van der Waals surface area contributed by atoms with Gasteiger partial charge in [-0.05, 0) is 30.7 Å². The van der Waals surface area contributed by atoms with Crippen LogP contribution in [-0.4, -0.2) is 28.4 Å². The SMILES string of the molecule is Cc1cccc(C(=O)NC(=NCCc2cnc[nH]2)Nc2ccccc2-c2ccccc2)c1. The Morgan fingerprint density at radius 3 is 2.59 bits per heavy atom. The summed E-state index contributed by atoms with van der Waals surface area (Å²) in [5.74, 6) is 0.193. The number of aromatic nitrogens is 2. The zero-order valence-electron chi connectivity index (χ0n) is 17.9. The Kier molecular flexibility index (Phi) is 6.72. The highest BCUT2D eigenvalue weighted by atomic mass is 16.1. The summed E-state index contributed by atoms with van der Waals surface area (Å²) in [6, 6.07) is 25.6. The molecular formula is C26H25N5O. The number of aryl methyl sites for hydroxylation is 1. The van der Waals surface area contributed by atoms with Crippen LogP contribution in [0.2, 0.25) is 0 Å². The molecule has 0 bridgehead atoms. The molecule has 3 aromatic carbocycles. The molecule has 0 radical (unpaired) electrons. The summed E-state index contributed by atoms with van der Waals surface area (Å²) in [5.41, 5.74) is 5.57. The maximum absolute atomic E-state index is 12.9. The van der Waals surface area contributed by atoms with Crippen molar-refractivity contribution in [3.8, 4) is 11.1 Å². The minimum Gasteiger partial charge on any atom is -0.348 e. The number of amides is 1. The number of para-hydroxylation sites is 1. The monoisotopic (exact) mass is 423 g/mol. The van der Waals surface area contributed by atoms with Crippen LogP contribution in [0.15, 0.2) is 96.4 Å². The van der Waals surface area contributed by atoms with Crippen LogP contribution >= 0.6 is 0 Å². The Bertz CT molecular complexity index is 1200. The number of imidazole rings is 1. The molecule has 0 spiro atoms. The molecule has 0 aliphatic carbocycles. The number of hydrogen-bond acceptors (Lipinski definition) is 3. The first kappa shape index (κ1) is 21.1. The summed E-state index contributed by atoms with van der Waals surface area (Å²) >= 11 is 0. The van der Waals surface area contributed by atoms with Crippen molar-refractivity contribution in [3.63, 3.8) is 0 Å². The van der Waals surface area contributed by atoms with Crippen LogP contribution in [0.4, 0.5) is 5.69 Å². The van der Waals surface area contributed by atoms with Gasteiger partial charge in [-0.3, -0.25) is 15.1 Å². The van der Waals surface area contributed by atoms with Crippen LogP contribution in [0.5, 0.6) is 0 Å². The lowest BCUT2D eigenvalue weighted by molar-refractivity contribution is 0.0977. The number of anilines is 1. The minimum atomic E-state index is -0.210. The number of guanidine groups is 1. The van der Waals surface area contributed by atoms with Gasteiger partial charge in [-0.2, -0.15) is 0 Å². The number of hydrogen-bond donors (Lipinski definition) is 3. The number of benzene rings is 3. The Balaban J connectivity index is 1.58. The quantitative estimate of drug-likeness (QED) is 0.307. The Hall–Kier alpha value is -4.19. The maximum Gasteiger partial charge on any atom is 0.257 e. The van der Waals surface area contributed by atoms with Gasteiger partial charge in [-0.25, -0.2) is 4.98 Å². The van der Waals surface area contributed by atoms with Gasteiger partial charge in [0.1, 0.15) is 0 Å². The van der Waals surface area contributed by atoms with E-state index in [1.165, 1.54) is 0 Å². The molecule has 0 atom stereocenters. The first-order chi connectivity index (χ1) is 15.7. The lowest BCUT2D eigenvalue weighted by Gasteiger charge is -2.15. The van der Waals surface area contributed by atoms with E-state index in [0.29, 0.717) is 24.5 Å². The van der Waals surface area contributed by atoms with Gasteiger partial charge in [-0.15, -0.1) is 0 Å². The molecule has 1 amide bonds. The van der Waals surface area contributed by atoms with Crippen molar-refractivity contribution in [3.05, 3.63) is 108 Å². The zero-order chi connectivity index (χ0) is 22.2. The topological polar surface area (TPSA) is 82.2 Å². The van der Waals surface area contributed by atoms with E-state index in [0.717, 1.165) is 28.1 Å². The predicted molar refractivity (Wildman–Crippen MR) is 129 cm³/mol. The van der Waals surface area contributed by atoms with Crippen molar-refractivity contribution in [1.82, 2.24) is 15.3 Å². The molecule has 0 saturated carbocycles. The van der Waals surface area contributed by atoms with Crippen molar-refractivity contribution in [2.45, 2.75) is 13.3 Å². The molecule has 1 aromatic heterocycles. The van der Waals surface area contributed by atoms with Crippen molar-refractivity contribution in [1.29, 1.82) is 0 Å². The fraction of sp³-hybridized carbons (Fsp3) is 0.115. The van der Waals surface area contributed by atoms with Crippen LogP contribution in [0.1, 0.15) is 21.6 Å². The first-order valence-corrected chi connectivity index (χ1v) is 10.5. The molecule has 0 unspecified atom stereocenters. The second-order valence-electron chi connectivity index (χ2n) is 7.42. The predicted octanol–water partition coefficient (Wildman–Crippen LogP) is 4.83. The summed E-state index contributed by atoms with van der Waals surface area (Å²) in [5, 5.41) is 6.28. The number of rotatable bonds is 6. The van der Waals surface area contributed by atoms with Crippen molar-refractivity contribution < 1.29 is 4.79 Å². The highest BCUT2D eigenvalue weighted by molar-refractivity contribution is 6.10. The number of carbonyl (C=O) groups excluding carboxylic acids is 1.